The number of aromatic nitrogens is 2. The SMILES string of the molecule is Nc1cnc(C(=O)Nc2cccc(CCCO)c2)cn1. The minimum Gasteiger partial charge on any atom is -0.396 e. The highest BCUT2D eigenvalue weighted by atomic mass is 16.2. The van der Waals surface area contributed by atoms with Gasteiger partial charge in [-0.25, -0.2) is 9.97 Å². The maximum atomic E-state index is 12.0. The molecule has 4 N–H and O–H groups in total. The number of nitrogen functional groups attached to an aromatic ring is 1. The van der Waals surface area contributed by atoms with E-state index in [9.17, 15) is 4.79 Å². The number of hydrogen-bond acceptors (Lipinski definition) is 5. The van der Waals surface area contributed by atoms with E-state index >= 15 is 0 Å². The standard InChI is InChI=1S/C14H16N4O2/c15-13-9-16-12(8-17-13)14(20)18-11-5-1-3-10(7-11)4-2-6-19/h1,3,5,7-9,19H,2,4,6H2,(H2,15,17)(H,18,20). The fourth-order valence-corrected chi connectivity index (χ4v) is 1.74. The molecule has 0 aliphatic heterocycles. The van der Waals surface area contributed by atoms with Crippen LogP contribution < -0.4 is 11.1 Å². The summed E-state index contributed by atoms with van der Waals surface area (Å²) in [6, 6.07) is 7.48. The van der Waals surface area contributed by atoms with Gasteiger partial charge in [0.25, 0.3) is 5.91 Å². The molecule has 104 valence electrons. The Bertz CT molecular complexity index is 584. The topological polar surface area (TPSA) is 101 Å². The first-order valence-corrected chi connectivity index (χ1v) is 6.27. The van der Waals surface area contributed by atoms with Crippen molar-refractivity contribution < 1.29 is 9.90 Å². The van der Waals surface area contributed by atoms with Crippen molar-refractivity contribution >= 4 is 17.4 Å². The molecule has 0 bridgehead atoms. The maximum Gasteiger partial charge on any atom is 0.275 e. The highest BCUT2D eigenvalue weighted by molar-refractivity contribution is 6.02. The first-order chi connectivity index (χ1) is 9.69. The number of nitrogens with one attached hydrogen (secondary N) is 1. The van der Waals surface area contributed by atoms with E-state index in [1.54, 1.807) is 6.07 Å². The predicted octanol–water partition coefficient (Wildman–Crippen LogP) is 1.24. The number of rotatable bonds is 5. The summed E-state index contributed by atoms with van der Waals surface area (Å²) in [6.07, 6.45) is 4.13. The van der Waals surface area contributed by atoms with Gasteiger partial charge in [0.15, 0.2) is 0 Å². The van der Waals surface area contributed by atoms with Crippen molar-refractivity contribution in [2.45, 2.75) is 12.8 Å². The van der Waals surface area contributed by atoms with Crippen molar-refractivity contribution in [3.8, 4) is 0 Å². The van der Waals surface area contributed by atoms with Crippen molar-refractivity contribution in [1.82, 2.24) is 9.97 Å². The second-order valence-corrected chi connectivity index (χ2v) is 4.31. The summed E-state index contributed by atoms with van der Waals surface area (Å²) in [5.41, 5.74) is 7.37. The Balaban J connectivity index is 2.05. The fourth-order valence-electron chi connectivity index (χ4n) is 1.74. The van der Waals surface area contributed by atoms with Crippen LogP contribution in [-0.4, -0.2) is 27.6 Å². The molecule has 1 heterocycles. The average molecular weight is 272 g/mol. The monoisotopic (exact) mass is 272 g/mol. The number of benzene rings is 1. The Labute approximate surface area is 116 Å². The quantitative estimate of drug-likeness (QED) is 0.760. The molecule has 2 aromatic rings. The van der Waals surface area contributed by atoms with Gasteiger partial charge >= 0.3 is 0 Å². The molecule has 0 saturated heterocycles. The van der Waals surface area contributed by atoms with E-state index < -0.39 is 0 Å². The molecule has 0 radical (unpaired) electrons. The van der Waals surface area contributed by atoms with Gasteiger partial charge in [0.05, 0.1) is 12.4 Å². The van der Waals surface area contributed by atoms with Crippen LogP contribution in [0, 0.1) is 0 Å². The van der Waals surface area contributed by atoms with Crippen molar-refractivity contribution in [2.24, 2.45) is 0 Å². The molecule has 1 aromatic heterocycles. The highest BCUT2D eigenvalue weighted by Crippen LogP contribution is 2.13. The van der Waals surface area contributed by atoms with Crippen LogP contribution in [0.2, 0.25) is 0 Å². The molecule has 20 heavy (non-hydrogen) atoms. The molecule has 6 nitrogen and oxygen atoms in total. The van der Waals surface area contributed by atoms with Crippen LogP contribution in [0.5, 0.6) is 0 Å². The number of aliphatic hydroxyl groups is 1. The zero-order chi connectivity index (χ0) is 14.4. The number of nitrogens with two attached hydrogens (primary N) is 1. The number of aliphatic hydroxyl groups excluding tert-OH is 1. The third-order valence-corrected chi connectivity index (χ3v) is 2.71. The summed E-state index contributed by atoms with van der Waals surface area (Å²) in [4.78, 5) is 19.7. The Morgan fingerprint density at radius 3 is 2.85 bits per heavy atom. The number of amides is 1. The lowest BCUT2D eigenvalue weighted by atomic mass is 10.1. The number of carbonyl (C=O) groups is 1. The Kier molecular flexibility index (Phi) is 4.62. The lowest BCUT2D eigenvalue weighted by molar-refractivity contribution is 0.102. The van der Waals surface area contributed by atoms with Gasteiger partial charge in [-0.05, 0) is 30.5 Å². The van der Waals surface area contributed by atoms with E-state index in [1.165, 1.54) is 12.4 Å². The first-order valence-electron chi connectivity index (χ1n) is 6.27. The van der Waals surface area contributed by atoms with Crippen LogP contribution in [0.3, 0.4) is 0 Å². The molecular weight excluding hydrogens is 256 g/mol. The van der Waals surface area contributed by atoms with Crippen LogP contribution >= 0.6 is 0 Å². The third-order valence-electron chi connectivity index (χ3n) is 2.71. The molecule has 0 spiro atoms. The van der Waals surface area contributed by atoms with Gasteiger partial charge in [0.2, 0.25) is 0 Å². The lowest BCUT2D eigenvalue weighted by Crippen LogP contribution is -2.14. The zero-order valence-electron chi connectivity index (χ0n) is 10.9. The molecule has 0 aliphatic rings. The summed E-state index contributed by atoms with van der Waals surface area (Å²) in [5, 5.41) is 11.6. The first kappa shape index (κ1) is 14.0. The second kappa shape index (κ2) is 6.63. The summed E-state index contributed by atoms with van der Waals surface area (Å²) in [5.74, 6) is -0.0654. The molecular formula is C14H16N4O2. The minimum absolute atomic E-state index is 0.150. The van der Waals surface area contributed by atoms with E-state index in [0.717, 1.165) is 12.0 Å². The maximum absolute atomic E-state index is 12.0. The van der Waals surface area contributed by atoms with Crippen LogP contribution in [0.1, 0.15) is 22.5 Å². The van der Waals surface area contributed by atoms with Gasteiger partial charge in [-0.2, -0.15) is 0 Å². The third kappa shape index (κ3) is 3.76. The summed E-state index contributed by atoms with van der Waals surface area (Å²) < 4.78 is 0. The average Bonchev–Trinajstić information content (AvgIpc) is 2.46. The van der Waals surface area contributed by atoms with Crippen molar-refractivity contribution in [3.63, 3.8) is 0 Å². The van der Waals surface area contributed by atoms with E-state index in [-0.39, 0.29) is 24.0 Å². The van der Waals surface area contributed by atoms with Crippen LogP contribution in [-0.2, 0) is 6.42 Å². The lowest BCUT2D eigenvalue weighted by Gasteiger charge is -2.07. The van der Waals surface area contributed by atoms with Crippen LogP contribution in [0.15, 0.2) is 36.7 Å². The van der Waals surface area contributed by atoms with Gasteiger partial charge < -0.3 is 16.2 Å². The number of nitrogens with zero attached hydrogens (tertiary/aromatic N) is 2. The predicted molar refractivity (Wildman–Crippen MR) is 76.2 cm³/mol. The summed E-state index contributed by atoms with van der Waals surface area (Å²) in [7, 11) is 0. The Morgan fingerprint density at radius 2 is 2.15 bits per heavy atom. The fraction of sp³-hybridized carbons (Fsp3) is 0.214. The van der Waals surface area contributed by atoms with E-state index in [1.807, 2.05) is 18.2 Å². The zero-order valence-corrected chi connectivity index (χ0v) is 10.9. The molecule has 0 fully saturated rings. The molecule has 0 aliphatic carbocycles. The summed E-state index contributed by atoms with van der Waals surface area (Å²) in [6.45, 7) is 0.150. The van der Waals surface area contributed by atoms with E-state index in [2.05, 4.69) is 15.3 Å². The smallest absolute Gasteiger partial charge is 0.275 e. The largest absolute Gasteiger partial charge is 0.396 e. The molecule has 6 heteroatoms. The minimum atomic E-state index is -0.336. The number of aryl methyl sites for hydroxylation is 1. The normalized spacial score (nSPS) is 10.2. The molecule has 2 rings (SSSR count). The molecule has 0 unspecified atom stereocenters. The second-order valence-electron chi connectivity index (χ2n) is 4.31. The Hall–Kier alpha value is -2.47. The number of hydrogen-bond donors (Lipinski definition) is 3. The molecule has 0 saturated carbocycles. The molecule has 1 aromatic carbocycles. The van der Waals surface area contributed by atoms with Crippen molar-refractivity contribution in [3.05, 3.63) is 47.9 Å². The van der Waals surface area contributed by atoms with Gasteiger partial charge in [0.1, 0.15) is 11.5 Å². The van der Waals surface area contributed by atoms with Crippen molar-refractivity contribution in [1.29, 1.82) is 0 Å². The number of carbonyl (C=O) groups excluding carboxylic acids is 1. The highest BCUT2D eigenvalue weighted by Gasteiger charge is 2.08. The van der Waals surface area contributed by atoms with Gasteiger partial charge in [-0.15, -0.1) is 0 Å². The van der Waals surface area contributed by atoms with Gasteiger partial charge in [-0.3, -0.25) is 4.79 Å². The summed E-state index contributed by atoms with van der Waals surface area (Å²) >= 11 is 0. The van der Waals surface area contributed by atoms with Crippen molar-refractivity contribution in [2.75, 3.05) is 17.7 Å². The van der Waals surface area contributed by atoms with Gasteiger partial charge in [-0.1, -0.05) is 12.1 Å². The van der Waals surface area contributed by atoms with Crippen LogP contribution in [0.25, 0.3) is 0 Å². The van der Waals surface area contributed by atoms with E-state index in [0.29, 0.717) is 12.1 Å². The number of anilines is 2. The van der Waals surface area contributed by atoms with E-state index in [4.69, 9.17) is 10.8 Å². The molecule has 0 atom stereocenters. The Morgan fingerprint density at radius 1 is 1.30 bits per heavy atom. The van der Waals surface area contributed by atoms with Crippen LogP contribution in [0.4, 0.5) is 11.5 Å². The molecule has 1 amide bonds. The van der Waals surface area contributed by atoms with Gasteiger partial charge in [0, 0.05) is 12.3 Å².